The average molecular weight is 769 g/mol. The van der Waals surface area contributed by atoms with Crippen molar-refractivity contribution >= 4 is 66.8 Å². The third-order valence-corrected chi connectivity index (χ3v) is 11.7. The first-order valence-corrected chi connectivity index (χ1v) is 20.3. The van der Waals surface area contributed by atoms with E-state index in [1.165, 1.54) is 22.3 Å². The molecule has 0 amide bonds. The third-order valence-electron chi connectivity index (χ3n) is 11.7. The van der Waals surface area contributed by atoms with Gasteiger partial charge in [0.1, 0.15) is 11.2 Å². The van der Waals surface area contributed by atoms with Crippen molar-refractivity contribution < 1.29 is 4.42 Å². The zero-order chi connectivity index (χ0) is 39.6. The van der Waals surface area contributed by atoms with Crippen LogP contribution in [0.5, 0.6) is 0 Å². The monoisotopic (exact) mass is 768 g/mol. The maximum atomic E-state index is 6.41. The van der Waals surface area contributed by atoms with Gasteiger partial charge in [-0.15, -0.1) is 0 Å². The molecule has 9 aromatic carbocycles. The van der Waals surface area contributed by atoms with Crippen molar-refractivity contribution in [3.8, 4) is 39.1 Å². The summed E-state index contributed by atoms with van der Waals surface area (Å²) >= 11 is 0. The van der Waals surface area contributed by atoms with Crippen LogP contribution in [-0.2, 0) is 0 Å². The van der Waals surface area contributed by atoms with Crippen molar-refractivity contribution in [3.05, 3.63) is 218 Å². The van der Waals surface area contributed by atoms with Crippen LogP contribution in [0.25, 0.3) is 88.9 Å². The van der Waals surface area contributed by atoms with Crippen LogP contribution < -0.4 is 4.90 Å². The molecule has 0 aliphatic rings. The fourth-order valence-electron chi connectivity index (χ4n) is 8.86. The van der Waals surface area contributed by atoms with Gasteiger partial charge in [0.15, 0.2) is 0 Å². The summed E-state index contributed by atoms with van der Waals surface area (Å²) in [6.07, 6.45) is 0. The number of hydrogen-bond donors (Lipinski definition) is 0. The van der Waals surface area contributed by atoms with Crippen molar-refractivity contribution in [2.75, 3.05) is 4.90 Å². The zero-order valence-electron chi connectivity index (χ0n) is 32.5. The summed E-state index contributed by atoms with van der Waals surface area (Å²) in [5.74, 6) is 0.862. The molecule has 12 aromatic rings. The molecule has 0 aliphatic carbocycles. The van der Waals surface area contributed by atoms with E-state index in [9.17, 15) is 0 Å². The van der Waals surface area contributed by atoms with Crippen molar-refractivity contribution in [2.45, 2.75) is 0 Å². The largest absolute Gasteiger partial charge is 0.455 e. The highest BCUT2D eigenvalue weighted by Crippen LogP contribution is 2.41. The summed E-state index contributed by atoms with van der Waals surface area (Å²) in [4.78, 5) is 7.59. The molecular weight excluding hydrogens is 733 g/mol. The maximum absolute atomic E-state index is 6.41. The zero-order valence-corrected chi connectivity index (χ0v) is 32.5. The number of furan rings is 1. The lowest BCUT2D eigenvalue weighted by Gasteiger charge is -2.26. The van der Waals surface area contributed by atoms with Gasteiger partial charge in [-0.05, 0) is 101 Å². The molecule has 60 heavy (non-hydrogen) atoms. The standard InChI is InChI=1S/C55H36N4O/c1-3-12-37(13-4-1)39-22-28-42(29-23-39)57(43-30-24-40(25-31-43)38-14-5-2-6-15-38)45-34-35-51-52(36-45)59-50-20-9-8-19-49(50)56-55(59)58(51)44-32-26-41(27-33-44)46-17-11-18-48-47-16-7-10-21-53(47)60-54(46)48/h1-36H. The van der Waals surface area contributed by atoms with E-state index in [0.717, 1.165) is 83.7 Å². The molecule has 0 aliphatic heterocycles. The third kappa shape index (κ3) is 5.52. The molecule has 5 nitrogen and oxygen atoms in total. The minimum atomic E-state index is 0.862. The van der Waals surface area contributed by atoms with Crippen LogP contribution in [0.4, 0.5) is 17.1 Å². The fourth-order valence-corrected chi connectivity index (χ4v) is 8.86. The lowest BCUT2D eigenvalue weighted by Crippen LogP contribution is -2.10. The summed E-state index contributed by atoms with van der Waals surface area (Å²) in [5.41, 5.74) is 17.1. The number of nitrogens with zero attached hydrogens (tertiary/aromatic N) is 4. The number of aromatic nitrogens is 3. The number of imidazole rings is 2. The minimum absolute atomic E-state index is 0.862. The predicted octanol–water partition coefficient (Wildman–Crippen LogP) is 14.8. The number of benzene rings is 9. The molecule has 0 radical (unpaired) electrons. The van der Waals surface area contributed by atoms with E-state index in [1.807, 2.05) is 12.1 Å². The highest BCUT2D eigenvalue weighted by atomic mass is 16.3. The number of rotatable bonds is 7. The second kappa shape index (κ2) is 13.8. The van der Waals surface area contributed by atoms with Crippen molar-refractivity contribution in [2.24, 2.45) is 0 Å². The van der Waals surface area contributed by atoms with Gasteiger partial charge in [-0.1, -0.05) is 146 Å². The van der Waals surface area contributed by atoms with Crippen LogP contribution in [-0.4, -0.2) is 14.0 Å². The SMILES string of the molecule is c1ccc(-c2ccc(N(c3ccc(-c4ccccc4)cc3)c3ccc4c(c3)n3c5ccccc5nc3n4-c3ccc(-c4cccc5c4oc4ccccc45)cc3)cc2)cc1. The highest BCUT2D eigenvalue weighted by Gasteiger charge is 2.21. The van der Waals surface area contributed by atoms with Gasteiger partial charge in [0.25, 0.3) is 0 Å². The van der Waals surface area contributed by atoms with Crippen LogP contribution in [0.1, 0.15) is 0 Å². The van der Waals surface area contributed by atoms with Crippen molar-refractivity contribution in [1.82, 2.24) is 14.0 Å². The fraction of sp³-hybridized carbons (Fsp3) is 0. The maximum Gasteiger partial charge on any atom is 0.220 e. The molecule has 0 atom stereocenters. The highest BCUT2D eigenvalue weighted by molar-refractivity contribution is 6.09. The Balaban J connectivity index is 1.01. The molecule has 3 aromatic heterocycles. The first-order chi connectivity index (χ1) is 29.7. The Morgan fingerprint density at radius 2 is 0.967 bits per heavy atom. The average Bonchev–Trinajstić information content (AvgIpc) is 3.99. The second-order valence-corrected chi connectivity index (χ2v) is 15.2. The lowest BCUT2D eigenvalue weighted by atomic mass is 10.0. The number of anilines is 3. The Labute approximate surface area is 346 Å². The molecule has 0 fully saturated rings. The van der Waals surface area contributed by atoms with Crippen LogP contribution >= 0.6 is 0 Å². The predicted molar refractivity (Wildman–Crippen MR) is 248 cm³/mol. The van der Waals surface area contributed by atoms with E-state index in [-0.39, 0.29) is 0 Å². The van der Waals surface area contributed by atoms with Crippen LogP contribution in [0.15, 0.2) is 223 Å². The molecule has 0 saturated heterocycles. The molecule has 3 heterocycles. The van der Waals surface area contributed by atoms with E-state index >= 15 is 0 Å². The van der Waals surface area contributed by atoms with Gasteiger partial charge in [-0.3, -0.25) is 8.97 Å². The first kappa shape index (κ1) is 33.9. The van der Waals surface area contributed by atoms with Crippen molar-refractivity contribution in [3.63, 3.8) is 0 Å². The Morgan fingerprint density at radius 1 is 0.400 bits per heavy atom. The molecule has 5 heteroatoms. The van der Waals surface area contributed by atoms with Gasteiger partial charge in [-0.2, -0.15) is 0 Å². The molecular formula is C55H36N4O. The van der Waals surface area contributed by atoms with E-state index in [1.54, 1.807) is 0 Å². The van der Waals surface area contributed by atoms with E-state index in [2.05, 4.69) is 220 Å². The van der Waals surface area contributed by atoms with E-state index < -0.39 is 0 Å². The summed E-state index contributed by atoms with van der Waals surface area (Å²) in [6, 6.07) is 77.4. The molecule has 0 saturated carbocycles. The van der Waals surface area contributed by atoms with Gasteiger partial charge in [0.2, 0.25) is 5.78 Å². The normalized spacial score (nSPS) is 11.7. The Bertz CT molecular complexity index is 3430. The summed E-state index contributed by atoms with van der Waals surface area (Å²) < 4.78 is 11.0. The van der Waals surface area contributed by atoms with Crippen molar-refractivity contribution in [1.29, 1.82) is 0 Å². The van der Waals surface area contributed by atoms with Gasteiger partial charge < -0.3 is 9.32 Å². The number of para-hydroxylation sites is 4. The topological polar surface area (TPSA) is 38.6 Å². The van der Waals surface area contributed by atoms with Crippen LogP contribution in [0, 0.1) is 0 Å². The van der Waals surface area contributed by atoms with Gasteiger partial charge in [0.05, 0.1) is 22.1 Å². The molecule has 282 valence electrons. The molecule has 0 bridgehead atoms. The molecule has 12 rings (SSSR count). The Kier molecular flexibility index (Phi) is 7.78. The molecule has 0 unspecified atom stereocenters. The lowest BCUT2D eigenvalue weighted by molar-refractivity contribution is 0.670. The second-order valence-electron chi connectivity index (χ2n) is 15.2. The van der Waals surface area contributed by atoms with E-state index in [0.29, 0.717) is 0 Å². The minimum Gasteiger partial charge on any atom is -0.455 e. The van der Waals surface area contributed by atoms with Crippen LogP contribution in [0.2, 0.25) is 0 Å². The summed E-state index contributed by atoms with van der Waals surface area (Å²) in [5, 5.41) is 2.25. The van der Waals surface area contributed by atoms with Crippen LogP contribution in [0.3, 0.4) is 0 Å². The summed E-state index contributed by atoms with van der Waals surface area (Å²) in [7, 11) is 0. The Morgan fingerprint density at radius 3 is 1.67 bits per heavy atom. The van der Waals surface area contributed by atoms with Gasteiger partial charge in [0, 0.05) is 39.1 Å². The van der Waals surface area contributed by atoms with Gasteiger partial charge >= 0.3 is 0 Å². The first-order valence-electron chi connectivity index (χ1n) is 20.3. The molecule has 0 spiro atoms. The van der Waals surface area contributed by atoms with E-state index in [4.69, 9.17) is 9.40 Å². The summed E-state index contributed by atoms with van der Waals surface area (Å²) in [6.45, 7) is 0. The van der Waals surface area contributed by atoms with Gasteiger partial charge in [-0.25, -0.2) is 4.98 Å². The quantitative estimate of drug-likeness (QED) is 0.162. The number of hydrogen-bond acceptors (Lipinski definition) is 3. The number of fused-ring (bicyclic) bond motifs is 8. The Hall–Kier alpha value is -8.15. The molecule has 0 N–H and O–H groups in total. The smallest absolute Gasteiger partial charge is 0.220 e.